The first-order valence-corrected chi connectivity index (χ1v) is 21.5. The van der Waals surface area contributed by atoms with Crippen LogP contribution in [-0.2, 0) is 28.8 Å². The molecule has 2 fully saturated rings. The van der Waals surface area contributed by atoms with Gasteiger partial charge in [-0.3, -0.25) is 34.0 Å². The summed E-state index contributed by atoms with van der Waals surface area (Å²) in [6.45, 7) is 0.937. The molecular weight excluding hydrogens is 773 g/mol. The second kappa shape index (κ2) is 26.6. The molecule has 8 atom stereocenters. The first kappa shape index (κ1) is 49.7. The number of aliphatic imine (C=N–C) groups is 2. The van der Waals surface area contributed by atoms with E-state index in [0.29, 0.717) is 63.7 Å². The minimum Gasteiger partial charge on any atom is -0.480 e. The minimum atomic E-state index is -1.24. The molecule has 0 radical (unpaired) electrons. The second-order valence-electron chi connectivity index (χ2n) is 14.9. The molecule has 1 aliphatic carbocycles. The van der Waals surface area contributed by atoms with Crippen molar-refractivity contribution in [3.8, 4) is 0 Å². The van der Waals surface area contributed by atoms with E-state index >= 15 is 0 Å². The molecule has 0 aromatic carbocycles. The number of unbranched alkanes of at least 4 members (excludes halogenated alkanes) is 2. The zero-order valence-corrected chi connectivity index (χ0v) is 34.6. The summed E-state index contributed by atoms with van der Waals surface area (Å²) in [6.07, 6.45) is 8.60. The van der Waals surface area contributed by atoms with Crippen LogP contribution in [0.4, 0.5) is 0 Å². The molecule has 1 saturated carbocycles. The molecule has 1 aliphatic heterocycles. The first-order valence-electron chi connectivity index (χ1n) is 20.2. The van der Waals surface area contributed by atoms with Crippen LogP contribution >= 0.6 is 11.8 Å². The van der Waals surface area contributed by atoms with Gasteiger partial charge in [0, 0.05) is 31.4 Å². The lowest BCUT2D eigenvalue weighted by Gasteiger charge is -2.36. The summed E-state index contributed by atoms with van der Waals surface area (Å²) in [5, 5.41) is 20.8. The molecule has 0 aromatic rings. The summed E-state index contributed by atoms with van der Waals surface area (Å²) < 4.78 is 0. The maximum atomic E-state index is 14.5. The van der Waals surface area contributed by atoms with Crippen LogP contribution in [0.2, 0.25) is 0 Å². The SMILES string of the molecule is CSC[C@H](N)C(=O)N[C@@H](CCCCNC(=O)[C@@H](N)CCCCN=C(N)N)C(=O)N[C@@H](CCN)C(=O)N1C2CCCCC2C[C@H]1C(=O)N[C@@H](CCCN=C(N)N)C(=O)O. The van der Waals surface area contributed by atoms with E-state index in [2.05, 4.69) is 31.3 Å². The van der Waals surface area contributed by atoms with Gasteiger partial charge in [0.2, 0.25) is 29.5 Å². The molecule has 2 rings (SSSR count). The van der Waals surface area contributed by atoms with E-state index in [1.165, 1.54) is 16.7 Å². The number of nitrogens with zero attached hydrogens (tertiary/aromatic N) is 3. The Morgan fingerprint density at radius 3 is 2.00 bits per heavy atom. The molecule has 5 amide bonds. The van der Waals surface area contributed by atoms with Crippen LogP contribution in [0.3, 0.4) is 0 Å². The number of amides is 5. The molecule has 58 heavy (non-hydrogen) atoms. The number of fused-ring (bicyclic) bond motifs is 1. The predicted octanol–water partition coefficient (Wildman–Crippen LogP) is -3.16. The predicted molar refractivity (Wildman–Crippen MR) is 224 cm³/mol. The van der Waals surface area contributed by atoms with Crippen molar-refractivity contribution < 1.29 is 33.9 Å². The highest BCUT2D eigenvalue weighted by Gasteiger charge is 2.49. The monoisotopic (exact) mass is 841 g/mol. The molecular formula is C36H68N14O7S. The average molecular weight is 841 g/mol. The number of carbonyl (C=O) groups is 6. The van der Waals surface area contributed by atoms with Crippen LogP contribution in [0, 0.1) is 5.92 Å². The molecule has 22 heteroatoms. The molecule has 330 valence electrons. The van der Waals surface area contributed by atoms with Gasteiger partial charge in [-0.2, -0.15) is 11.8 Å². The lowest BCUT2D eigenvalue weighted by molar-refractivity contribution is -0.146. The number of carboxylic acid groups (broad SMARTS) is 1. The highest BCUT2D eigenvalue weighted by atomic mass is 32.2. The maximum absolute atomic E-state index is 14.5. The van der Waals surface area contributed by atoms with E-state index < -0.39 is 65.8 Å². The Morgan fingerprint density at radius 1 is 0.741 bits per heavy atom. The first-order chi connectivity index (χ1) is 27.6. The fraction of sp³-hybridized carbons (Fsp3) is 0.778. The summed E-state index contributed by atoms with van der Waals surface area (Å²) in [5.41, 5.74) is 39.4. The van der Waals surface area contributed by atoms with Crippen LogP contribution in [0.5, 0.6) is 0 Å². The highest BCUT2D eigenvalue weighted by Crippen LogP contribution is 2.40. The van der Waals surface area contributed by atoms with E-state index in [-0.39, 0.29) is 68.7 Å². The molecule has 0 spiro atoms. The standard InChI is InChI=1S/C36H68N14O7S/c1-58-20-23(39)30(52)47-24(11-5-7-16-44-29(51)22(38)10-4-6-17-45-35(40)41)31(53)48-25(14-15-37)33(55)50-27-13-3-2-9-21(27)19-28(50)32(54)49-26(34(56)57)12-8-18-46-36(42)43/h21-28H,2-20,37-39H2,1H3,(H,44,51)(H,47,52)(H,48,53)(H,49,54)(H,56,57)(H4,40,41,45)(H4,42,43,46)/t21?,22-,23-,24-,25-,26-,27?,28-/m0/s1. The van der Waals surface area contributed by atoms with E-state index in [1.807, 2.05) is 0 Å². The van der Waals surface area contributed by atoms with Gasteiger partial charge in [0.25, 0.3) is 0 Å². The number of thioether (sulfide) groups is 1. The Balaban J connectivity index is 2.17. The number of carbonyl (C=O) groups excluding carboxylic acids is 5. The third kappa shape index (κ3) is 17.2. The normalized spacial score (nSPS) is 19.9. The van der Waals surface area contributed by atoms with Gasteiger partial charge >= 0.3 is 5.97 Å². The third-order valence-electron chi connectivity index (χ3n) is 10.4. The van der Waals surface area contributed by atoms with Crippen LogP contribution in [0.25, 0.3) is 0 Å². The van der Waals surface area contributed by atoms with E-state index in [0.717, 1.165) is 19.3 Å². The summed E-state index contributed by atoms with van der Waals surface area (Å²) in [7, 11) is 0. The van der Waals surface area contributed by atoms with Gasteiger partial charge in [-0.1, -0.05) is 12.8 Å². The smallest absolute Gasteiger partial charge is 0.326 e. The maximum Gasteiger partial charge on any atom is 0.326 e. The number of nitrogens with two attached hydrogens (primary N) is 7. The summed E-state index contributed by atoms with van der Waals surface area (Å²) in [6, 6.07) is -6.30. The Morgan fingerprint density at radius 2 is 1.36 bits per heavy atom. The Hall–Kier alpha value is -4.41. The van der Waals surface area contributed by atoms with Crippen molar-refractivity contribution in [2.75, 3.05) is 38.2 Å². The second-order valence-corrected chi connectivity index (χ2v) is 15.8. The van der Waals surface area contributed by atoms with E-state index in [1.54, 1.807) is 6.26 Å². The van der Waals surface area contributed by atoms with Gasteiger partial charge in [0.1, 0.15) is 24.2 Å². The third-order valence-corrected chi connectivity index (χ3v) is 11.1. The molecule has 21 nitrogen and oxygen atoms in total. The average Bonchev–Trinajstić information content (AvgIpc) is 3.57. The molecule has 0 aromatic heterocycles. The molecule has 1 saturated heterocycles. The Kier molecular flexibility index (Phi) is 22.8. The fourth-order valence-corrected chi connectivity index (χ4v) is 7.86. The van der Waals surface area contributed by atoms with Crippen molar-refractivity contribution >= 4 is 59.2 Å². The van der Waals surface area contributed by atoms with Crippen LogP contribution in [0.15, 0.2) is 9.98 Å². The van der Waals surface area contributed by atoms with Gasteiger partial charge in [0.05, 0.1) is 12.1 Å². The largest absolute Gasteiger partial charge is 0.480 e. The van der Waals surface area contributed by atoms with E-state index in [9.17, 15) is 33.9 Å². The summed E-state index contributed by atoms with van der Waals surface area (Å²) in [4.78, 5) is 89.1. The quantitative estimate of drug-likeness (QED) is 0.0221. The number of hydrogen-bond acceptors (Lipinski definition) is 12. The van der Waals surface area contributed by atoms with Crippen molar-refractivity contribution in [1.29, 1.82) is 0 Å². The molecule has 0 bridgehead atoms. The van der Waals surface area contributed by atoms with Gasteiger partial charge in [-0.05, 0) is 95.8 Å². The van der Waals surface area contributed by atoms with Crippen molar-refractivity contribution in [1.82, 2.24) is 26.2 Å². The highest BCUT2D eigenvalue weighted by molar-refractivity contribution is 7.98. The van der Waals surface area contributed by atoms with E-state index in [4.69, 9.17) is 40.1 Å². The van der Waals surface area contributed by atoms with Gasteiger partial charge in [-0.15, -0.1) is 0 Å². The number of aliphatic carboxylic acids is 1. The van der Waals surface area contributed by atoms with Crippen LogP contribution in [0.1, 0.15) is 89.9 Å². The van der Waals surface area contributed by atoms with Crippen LogP contribution < -0.4 is 61.4 Å². The zero-order chi connectivity index (χ0) is 43.2. The number of hydrogen-bond donors (Lipinski definition) is 12. The topological polar surface area (TPSA) is 381 Å². The molecule has 2 aliphatic rings. The molecule has 1 heterocycles. The molecule has 19 N–H and O–H groups in total. The fourth-order valence-electron chi connectivity index (χ4n) is 7.35. The Bertz CT molecular complexity index is 1410. The Labute approximate surface area is 345 Å². The van der Waals surface area contributed by atoms with Gasteiger partial charge < -0.3 is 71.4 Å². The van der Waals surface area contributed by atoms with Gasteiger partial charge in [-0.25, -0.2) is 4.79 Å². The van der Waals surface area contributed by atoms with Crippen molar-refractivity contribution in [2.24, 2.45) is 56.0 Å². The van der Waals surface area contributed by atoms with Crippen molar-refractivity contribution in [3.05, 3.63) is 0 Å². The lowest BCUT2D eigenvalue weighted by atomic mass is 9.84. The minimum absolute atomic E-state index is 0.00555. The van der Waals surface area contributed by atoms with Crippen molar-refractivity contribution in [2.45, 2.75) is 132 Å². The summed E-state index contributed by atoms with van der Waals surface area (Å²) in [5.74, 6) is -3.61. The number of carboxylic acids is 1. The number of rotatable bonds is 27. The molecule has 2 unspecified atom stereocenters. The number of guanidine groups is 2. The number of likely N-dealkylation sites (tertiary alicyclic amines) is 1. The van der Waals surface area contributed by atoms with Crippen molar-refractivity contribution in [3.63, 3.8) is 0 Å². The lowest BCUT2D eigenvalue weighted by Crippen LogP contribution is -2.60. The number of nitrogens with one attached hydrogen (secondary N) is 4. The van der Waals surface area contributed by atoms with Gasteiger partial charge in [0.15, 0.2) is 11.9 Å². The zero-order valence-electron chi connectivity index (χ0n) is 33.7. The summed E-state index contributed by atoms with van der Waals surface area (Å²) >= 11 is 1.37. The van der Waals surface area contributed by atoms with Crippen LogP contribution in [-0.4, -0.2) is 138 Å².